The molecule has 2 fully saturated rings. The summed E-state index contributed by atoms with van der Waals surface area (Å²) < 4.78 is 1.72. The second kappa shape index (κ2) is 10.5. The molecule has 4 aromatic heterocycles. The number of pyridine rings is 2. The SMILES string of the molecule is N#Cc1cnn2c(-c3cc(Nc4cccnc4)c(C(=O)NC4CCC(NC(=O)C5CC5)CC4)cn3)ccc2c1. The number of carbonyl (C=O) groups excluding carboxylic acids is 2. The third-order valence-corrected chi connectivity index (χ3v) is 7.34. The molecule has 0 saturated heterocycles. The van der Waals surface area contributed by atoms with E-state index in [1.54, 1.807) is 29.2 Å². The Kier molecular flexibility index (Phi) is 6.63. The Bertz CT molecular complexity index is 1560. The fourth-order valence-corrected chi connectivity index (χ4v) is 5.04. The number of nitriles is 1. The highest BCUT2D eigenvalue weighted by molar-refractivity contribution is 6.00. The minimum atomic E-state index is -0.206. The third kappa shape index (κ3) is 5.43. The molecule has 6 rings (SSSR count). The van der Waals surface area contributed by atoms with Crippen LogP contribution in [0.15, 0.2) is 61.2 Å². The van der Waals surface area contributed by atoms with E-state index >= 15 is 0 Å². The van der Waals surface area contributed by atoms with Crippen LogP contribution in [0, 0.1) is 17.2 Å². The summed E-state index contributed by atoms with van der Waals surface area (Å²) in [5.74, 6) is 0.179. The first-order valence-electron chi connectivity index (χ1n) is 13.2. The molecule has 3 N–H and O–H groups in total. The number of fused-ring (bicyclic) bond motifs is 1. The maximum atomic E-state index is 13.4. The third-order valence-electron chi connectivity index (χ3n) is 7.34. The molecule has 196 valence electrons. The molecule has 0 unspecified atom stereocenters. The Labute approximate surface area is 225 Å². The minimum absolute atomic E-state index is 0.0330. The van der Waals surface area contributed by atoms with Crippen LogP contribution in [-0.2, 0) is 4.79 Å². The first-order valence-corrected chi connectivity index (χ1v) is 13.2. The lowest BCUT2D eigenvalue weighted by molar-refractivity contribution is -0.123. The van der Waals surface area contributed by atoms with Gasteiger partial charge in [0, 0.05) is 30.4 Å². The van der Waals surface area contributed by atoms with Gasteiger partial charge >= 0.3 is 0 Å². The molecule has 0 radical (unpaired) electrons. The van der Waals surface area contributed by atoms with Gasteiger partial charge < -0.3 is 16.0 Å². The Morgan fingerprint density at radius 2 is 1.74 bits per heavy atom. The molecule has 2 aliphatic carbocycles. The summed E-state index contributed by atoms with van der Waals surface area (Å²) in [6.07, 6.45) is 11.8. The first-order chi connectivity index (χ1) is 19.1. The van der Waals surface area contributed by atoms with Gasteiger partial charge in [-0.1, -0.05) is 0 Å². The van der Waals surface area contributed by atoms with E-state index < -0.39 is 0 Å². The standard InChI is InChI=1S/C29H28N8O2/c30-14-18-12-23-9-10-27(37(23)33-15-18)26-13-25(34-22-2-1-11-31-16-22)24(17-32-26)29(39)36-21-7-5-20(6-8-21)35-28(38)19-3-4-19/h1-2,9-13,15-17,19-21H,3-8H2,(H,32,34)(H,35,38)(H,36,39). The molecule has 4 heterocycles. The molecule has 2 amide bonds. The van der Waals surface area contributed by atoms with Gasteiger partial charge in [0.05, 0.1) is 51.8 Å². The molecule has 2 saturated carbocycles. The summed E-state index contributed by atoms with van der Waals surface area (Å²) in [5.41, 5.74) is 4.38. The Hall–Kier alpha value is -4.78. The van der Waals surface area contributed by atoms with E-state index in [1.165, 1.54) is 6.20 Å². The average Bonchev–Trinajstić information content (AvgIpc) is 3.74. The van der Waals surface area contributed by atoms with E-state index in [-0.39, 0.29) is 29.8 Å². The molecular weight excluding hydrogens is 492 g/mol. The van der Waals surface area contributed by atoms with Crippen molar-refractivity contribution in [1.82, 2.24) is 30.2 Å². The summed E-state index contributed by atoms with van der Waals surface area (Å²) in [6.45, 7) is 0. The van der Waals surface area contributed by atoms with Gasteiger partial charge in [-0.2, -0.15) is 10.4 Å². The van der Waals surface area contributed by atoms with E-state index in [0.717, 1.165) is 55.4 Å². The highest BCUT2D eigenvalue weighted by Crippen LogP contribution is 2.30. The quantitative estimate of drug-likeness (QED) is 0.335. The number of rotatable bonds is 7. The monoisotopic (exact) mass is 520 g/mol. The smallest absolute Gasteiger partial charge is 0.255 e. The van der Waals surface area contributed by atoms with Crippen molar-refractivity contribution in [2.45, 2.75) is 50.6 Å². The number of nitrogens with zero attached hydrogens (tertiary/aromatic N) is 5. The fraction of sp³-hybridized carbons (Fsp3) is 0.310. The number of carbonyl (C=O) groups is 2. The molecule has 4 aromatic rings. The van der Waals surface area contributed by atoms with Gasteiger partial charge in [0.2, 0.25) is 5.91 Å². The molecule has 2 aliphatic rings. The Morgan fingerprint density at radius 3 is 2.46 bits per heavy atom. The molecule has 0 aliphatic heterocycles. The number of aromatic nitrogens is 4. The van der Waals surface area contributed by atoms with Crippen LogP contribution < -0.4 is 16.0 Å². The lowest BCUT2D eigenvalue weighted by atomic mass is 9.90. The first kappa shape index (κ1) is 24.6. The number of anilines is 2. The van der Waals surface area contributed by atoms with Crippen LogP contribution in [0.4, 0.5) is 11.4 Å². The maximum Gasteiger partial charge on any atom is 0.255 e. The Balaban J connectivity index is 1.22. The zero-order valence-electron chi connectivity index (χ0n) is 21.3. The van der Waals surface area contributed by atoms with Crippen LogP contribution in [0.25, 0.3) is 16.9 Å². The van der Waals surface area contributed by atoms with Crippen molar-refractivity contribution in [3.63, 3.8) is 0 Å². The number of hydrogen-bond acceptors (Lipinski definition) is 7. The molecule has 0 aromatic carbocycles. The van der Waals surface area contributed by atoms with E-state index in [9.17, 15) is 14.9 Å². The van der Waals surface area contributed by atoms with Crippen molar-refractivity contribution in [3.8, 4) is 17.5 Å². The molecule has 10 heteroatoms. The van der Waals surface area contributed by atoms with E-state index in [2.05, 4.69) is 37.1 Å². The van der Waals surface area contributed by atoms with Crippen LogP contribution in [0.5, 0.6) is 0 Å². The lowest BCUT2D eigenvalue weighted by Gasteiger charge is -2.30. The van der Waals surface area contributed by atoms with E-state index in [1.807, 2.05) is 30.3 Å². The second-order valence-electron chi connectivity index (χ2n) is 10.2. The summed E-state index contributed by atoms with van der Waals surface area (Å²) in [6, 6.07) is 13.4. The summed E-state index contributed by atoms with van der Waals surface area (Å²) in [7, 11) is 0. The van der Waals surface area contributed by atoms with Crippen LogP contribution in [0.3, 0.4) is 0 Å². The maximum absolute atomic E-state index is 13.4. The van der Waals surface area contributed by atoms with Gasteiger partial charge in [-0.3, -0.25) is 19.6 Å². The summed E-state index contributed by atoms with van der Waals surface area (Å²) in [5, 5.41) is 23.2. The number of amides is 2. The largest absolute Gasteiger partial charge is 0.354 e. The van der Waals surface area contributed by atoms with Crippen molar-refractivity contribution < 1.29 is 9.59 Å². The zero-order chi connectivity index (χ0) is 26.8. The number of nitrogens with one attached hydrogen (secondary N) is 3. The van der Waals surface area contributed by atoms with Crippen LogP contribution >= 0.6 is 0 Å². The molecule has 0 spiro atoms. The molecular formula is C29H28N8O2. The minimum Gasteiger partial charge on any atom is -0.354 e. The normalized spacial score (nSPS) is 18.7. The summed E-state index contributed by atoms with van der Waals surface area (Å²) in [4.78, 5) is 34.3. The van der Waals surface area contributed by atoms with Crippen molar-refractivity contribution in [2.75, 3.05) is 5.32 Å². The fourth-order valence-electron chi connectivity index (χ4n) is 5.04. The van der Waals surface area contributed by atoms with E-state index in [4.69, 9.17) is 0 Å². The molecule has 0 atom stereocenters. The van der Waals surface area contributed by atoms with Gasteiger partial charge in [-0.25, -0.2) is 4.52 Å². The van der Waals surface area contributed by atoms with Crippen molar-refractivity contribution in [1.29, 1.82) is 5.26 Å². The van der Waals surface area contributed by atoms with Gasteiger partial charge in [-0.15, -0.1) is 0 Å². The van der Waals surface area contributed by atoms with Gasteiger partial charge in [0.25, 0.3) is 5.91 Å². The zero-order valence-corrected chi connectivity index (χ0v) is 21.3. The predicted octanol–water partition coefficient (Wildman–Crippen LogP) is 3.97. The van der Waals surface area contributed by atoms with Gasteiger partial charge in [0.1, 0.15) is 6.07 Å². The van der Waals surface area contributed by atoms with Crippen molar-refractivity contribution in [3.05, 3.63) is 72.3 Å². The van der Waals surface area contributed by atoms with Crippen LogP contribution in [-0.4, -0.2) is 43.5 Å². The summed E-state index contributed by atoms with van der Waals surface area (Å²) >= 11 is 0. The van der Waals surface area contributed by atoms with Crippen LogP contribution in [0.2, 0.25) is 0 Å². The van der Waals surface area contributed by atoms with E-state index in [0.29, 0.717) is 22.5 Å². The van der Waals surface area contributed by atoms with Crippen LogP contribution in [0.1, 0.15) is 54.4 Å². The highest BCUT2D eigenvalue weighted by Gasteiger charge is 2.32. The van der Waals surface area contributed by atoms with Gasteiger partial charge in [0.15, 0.2) is 0 Å². The molecule has 10 nitrogen and oxygen atoms in total. The average molecular weight is 521 g/mol. The molecule has 39 heavy (non-hydrogen) atoms. The van der Waals surface area contributed by atoms with Crippen molar-refractivity contribution >= 4 is 28.7 Å². The van der Waals surface area contributed by atoms with Gasteiger partial charge in [-0.05, 0) is 74.9 Å². The molecule has 0 bridgehead atoms. The Morgan fingerprint density at radius 1 is 0.949 bits per heavy atom. The highest BCUT2D eigenvalue weighted by atomic mass is 16.2. The van der Waals surface area contributed by atoms with Crippen molar-refractivity contribution in [2.24, 2.45) is 5.92 Å². The second-order valence-corrected chi connectivity index (χ2v) is 10.2. The topological polar surface area (TPSA) is 137 Å². The number of hydrogen-bond donors (Lipinski definition) is 3. The lowest BCUT2D eigenvalue weighted by Crippen LogP contribution is -2.44. The predicted molar refractivity (Wildman–Crippen MR) is 145 cm³/mol.